The largest absolute Gasteiger partial charge is 0.394 e. The van der Waals surface area contributed by atoms with E-state index in [9.17, 15) is 5.11 Å². The first-order valence-corrected chi connectivity index (χ1v) is 7.44. The quantitative estimate of drug-likeness (QED) is 0.847. The third-order valence-corrected chi connectivity index (χ3v) is 4.03. The van der Waals surface area contributed by atoms with Crippen LogP contribution in [0.2, 0.25) is 0 Å². The highest BCUT2D eigenvalue weighted by molar-refractivity contribution is 7.15. The number of aliphatic hydroxyl groups is 1. The van der Waals surface area contributed by atoms with Gasteiger partial charge in [0.1, 0.15) is 0 Å². The molecule has 0 aliphatic heterocycles. The second-order valence-corrected chi connectivity index (χ2v) is 5.99. The molecule has 2 aromatic heterocycles. The van der Waals surface area contributed by atoms with Crippen molar-refractivity contribution in [1.82, 2.24) is 14.7 Å². The molecule has 0 saturated carbocycles. The third kappa shape index (κ3) is 2.91. The summed E-state index contributed by atoms with van der Waals surface area (Å²) in [5.74, 6) is 0.946. The maximum atomic E-state index is 9.31. The van der Waals surface area contributed by atoms with E-state index in [0.717, 1.165) is 23.0 Å². The first-order valence-electron chi connectivity index (χ1n) is 6.56. The molecule has 0 fully saturated rings. The van der Waals surface area contributed by atoms with Gasteiger partial charge in [0.15, 0.2) is 10.8 Å². The molecule has 0 bridgehead atoms. The number of likely N-dealkylation sites (N-methyl/N-ethyl adjacent to an activating group) is 1. The number of hydrogen-bond donors (Lipinski definition) is 2. The van der Waals surface area contributed by atoms with Gasteiger partial charge in [-0.25, -0.2) is 4.98 Å². The fourth-order valence-electron chi connectivity index (χ4n) is 1.90. The van der Waals surface area contributed by atoms with Crippen LogP contribution < -0.4 is 10.2 Å². The summed E-state index contributed by atoms with van der Waals surface area (Å²) in [7, 11) is 1.98. The average Bonchev–Trinajstić information content (AvgIpc) is 2.94. The lowest BCUT2D eigenvalue weighted by molar-refractivity contribution is 0.269. The molecule has 19 heavy (non-hydrogen) atoms. The topological polar surface area (TPSA) is 52.8 Å². The Balaban J connectivity index is 2.35. The molecule has 106 valence electrons. The summed E-state index contributed by atoms with van der Waals surface area (Å²) in [6.45, 7) is 7.15. The van der Waals surface area contributed by atoms with Gasteiger partial charge >= 0.3 is 0 Å². The molecule has 0 spiro atoms. The van der Waals surface area contributed by atoms with Gasteiger partial charge in [0.2, 0.25) is 0 Å². The second-order valence-electron chi connectivity index (χ2n) is 5.12. The Morgan fingerprint density at radius 2 is 2.21 bits per heavy atom. The maximum Gasteiger partial charge on any atom is 0.195 e. The van der Waals surface area contributed by atoms with Crippen molar-refractivity contribution in [3.63, 3.8) is 0 Å². The van der Waals surface area contributed by atoms with Crippen LogP contribution in [0.3, 0.4) is 0 Å². The van der Waals surface area contributed by atoms with Crippen LogP contribution >= 0.6 is 11.3 Å². The number of anilines is 1. The lowest BCUT2D eigenvalue weighted by Gasteiger charge is -2.24. The first-order chi connectivity index (χ1) is 9.04. The second kappa shape index (κ2) is 5.90. The molecular weight excluding hydrogens is 260 g/mol. The Bertz CT molecular complexity index is 534. The zero-order valence-electron chi connectivity index (χ0n) is 11.9. The number of aliphatic hydroxyl groups excluding tert-OH is 1. The van der Waals surface area contributed by atoms with Crippen LogP contribution in [0.25, 0.3) is 4.96 Å². The van der Waals surface area contributed by atoms with Gasteiger partial charge in [0.25, 0.3) is 0 Å². The smallest absolute Gasteiger partial charge is 0.195 e. The van der Waals surface area contributed by atoms with Crippen molar-refractivity contribution in [2.45, 2.75) is 39.4 Å². The number of imidazole rings is 1. The number of fused-ring (bicyclic) bond motifs is 1. The number of thiazole rings is 1. The zero-order chi connectivity index (χ0) is 14.0. The van der Waals surface area contributed by atoms with Crippen molar-refractivity contribution >= 4 is 22.1 Å². The molecule has 0 aliphatic rings. The van der Waals surface area contributed by atoms with E-state index in [4.69, 9.17) is 0 Å². The van der Waals surface area contributed by atoms with Gasteiger partial charge in [-0.05, 0) is 6.92 Å². The van der Waals surface area contributed by atoms with Crippen LogP contribution in [-0.4, -0.2) is 40.2 Å². The van der Waals surface area contributed by atoms with Gasteiger partial charge in [0, 0.05) is 31.2 Å². The summed E-state index contributed by atoms with van der Waals surface area (Å²) in [6, 6.07) is 0.486. The summed E-state index contributed by atoms with van der Waals surface area (Å²) in [4.78, 5) is 7.71. The molecule has 2 N–H and O–H groups in total. The fourth-order valence-corrected chi connectivity index (χ4v) is 2.63. The number of hydrogen-bond acceptors (Lipinski definition) is 5. The van der Waals surface area contributed by atoms with Crippen molar-refractivity contribution in [2.24, 2.45) is 0 Å². The summed E-state index contributed by atoms with van der Waals surface area (Å²) in [5.41, 5.74) is 1.15. The van der Waals surface area contributed by atoms with E-state index in [1.54, 1.807) is 11.3 Å². The van der Waals surface area contributed by atoms with E-state index in [2.05, 4.69) is 28.5 Å². The molecule has 2 heterocycles. The van der Waals surface area contributed by atoms with Crippen molar-refractivity contribution in [3.05, 3.63) is 17.3 Å². The maximum absolute atomic E-state index is 9.31. The van der Waals surface area contributed by atoms with E-state index in [1.807, 2.05) is 30.4 Å². The zero-order valence-corrected chi connectivity index (χ0v) is 12.7. The molecule has 2 aromatic rings. The normalized spacial score (nSPS) is 13.4. The van der Waals surface area contributed by atoms with Crippen LogP contribution in [0.5, 0.6) is 0 Å². The van der Waals surface area contributed by atoms with Crippen LogP contribution in [0.4, 0.5) is 5.82 Å². The highest BCUT2D eigenvalue weighted by Crippen LogP contribution is 2.25. The molecule has 1 unspecified atom stereocenters. The Kier molecular flexibility index (Phi) is 4.44. The van der Waals surface area contributed by atoms with Gasteiger partial charge in [-0.15, -0.1) is 11.3 Å². The molecule has 0 aromatic carbocycles. The predicted octanol–water partition coefficient (Wildman–Crippen LogP) is 1.71. The predicted molar refractivity (Wildman–Crippen MR) is 80.0 cm³/mol. The molecule has 5 nitrogen and oxygen atoms in total. The summed E-state index contributed by atoms with van der Waals surface area (Å²) < 4.78 is 2.12. The van der Waals surface area contributed by atoms with Crippen LogP contribution in [0.15, 0.2) is 11.6 Å². The van der Waals surface area contributed by atoms with Gasteiger partial charge < -0.3 is 15.3 Å². The van der Waals surface area contributed by atoms with E-state index >= 15 is 0 Å². The van der Waals surface area contributed by atoms with E-state index < -0.39 is 0 Å². The number of nitrogens with one attached hydrogen (secondary N) is 1. The molecule has 2 rings (SSSR count). The fraction of sp³-hybridized carbons (Fsp3) is 0.615. The standard InChI is InChI=1S/C13H22N4OS/c1-9(2)14-7-11-12(16(4)10(3)8-18)15-13-17(11)5-6-19-13/h5-6,9-10,14,18H,7-8H2,1-4H3. The van der Waals surface area contributed by atoms with Crippen LogP contribution in [0.1, 0.15) is 26.5 Å². The first kappa shape index (κ1) is 14.3. The third-order valence-electron chi connectivity index (χ3n) is 3.28. The molecule has 0 amide bonds. The van der Waals surface area contributed by atoms with Crippen molar-refractivity contribution < 1.29 is 5.11 Å². The molecule has 0 radical (unpaired) electrons. The summed E-state index contributed by atoms with van der Waals surface area (Å²) >= 11 is 1.63. The van der Waals surface area contributed by atoms with Crippen LogP contribution in [-0.2, 0) is 6.54 Å². The van der Waals surface area contributed by atoms with Gasteiger partial charge in [-0.3, -0.25) is 4.40 Å². The Morgan fingerprint density at radius 1 is 1.47 bits per heavy atom. The Morgan fingerprint density at radius 3 is 2.84 bits per heavy atom. The lowest BCUT2D eigenvalue weighted by Crippen LogP contribution is -2.33. The average molecular weight is 282 g/mol. The Labute approximate surface area is 117 Å². The summed E-state index contributed by atoms with van der Waals surface area (Å²) in [5, 5.41) is 14.8. The number of aromatic nitrogens is 2. The number of nitrogens with zero attached hydrogens (tertiary/aromatic N) is 3. The molecule has 0 aliphatic carbocycles. The minimum Gasteiger partial charge on any atom is -0.394 e. The van der Waals surface area contributed by atoms with Crippen molar-refractivity contribution in [3.8, 4) is 0 Å². The van der Waals surface area contributed by atoms with Gasteiger partial charge in [-0.1, -0.05) is 13.8 Å². The van der Waals surface area contributed by atoms with Gasteiger partial charge in [-0.2, -0.15) is 0 Å². The molecule has 1 atom stereocenters. The minimum atomic E-state index is 0.0578. The Hall–Kier alpha value is -1.11. The molecule has 6 heteroatoms. The van der Waals surface area contributed by atoms with E-state index in [1.165, 1.54) is 0 Å². The SMILES string of the molecule is CC(C)NCc1c(N(C)C(C)CO)nc2sccn12. The van der Waals surface area contributed by atoms with Crippen molar-refractivity contribution in [1.29, 1.82) is 0 Å². The highest BCUT2D eigenvalue weighted by atomic mass is 32.1. The highest BCUT2D eigenvalue weighted by Gasteiger charge is 2.19. The molecular formula is C13H22N4OS. The monoisotopic (exact) mass is 282 g/mol. The molecule has 0 saturated heterocycles. The van der Waals surface area contributed by atoms with Crippen molar-refractivity contribution in [2.75, 3.05) is 18.6 Å². The minimum absolute atomic E-state index is 0.0578. The summed E-state index contributed by atoms with van der Waals surface area (Å²) in [6.07, 6.45) is 2.05. The van der Waals surface area contributed by atoms with Gasteiger partial charge in [0.05, 0.1) is 18.3 Å². The van der Waals surface area contributed by atoms with Crippen LogP contribution in [0, 0.1) is 0 Å². The lowest BCUT2D eigenvalue weighted by atomic mass is 10.3. The van der Waals surface area contributed by atoms with E-state index in [-0.39, 0.29) is 12.6 Å². The van der Waals surface area contributed by atoms with E-state index in [0.29, 0.717) is 6.04 Å². The number of rotatable bonds is 6.